The van der Waals surface area contributed by atoms with Crippen molar-refractivity contribution in [1.29, 1.82) is 0 Å². The summed E-state index contributed by atoms with van der Waals surface area (Å²) in [7, 11) is 0. The molecule has 1 spiro atoms. The molecule has 180 valence electrons. The molecule has 2 aromatic rings. The molecule has 0 saturated carbocycles. The summed E-state index contributed by atoms with van der Waals surface area (Å²) in [5.41, 5.74) is 6.51. The number of nitrogens with zero attached hydrogens (tertiary/aromatic N) is 1. The number of amides is 1. The fourth-order valence-electron chi connectivity index (χ4n) is 4.35. The highest BCUT2D eigenvalue weighted by Gasteiger charge is 2.40. The van der Waals surface area contributed by atoms with Gasteiger partial charge in [0.1, 0.15) is 18.8 Å². The number of rotatable bonds is 3. The van der Waals surface area contributed by atoms with Crippen LogP contribution in [0.1, 0.15) is 44.7 Å². The zero-order chi connectivity index (χ0) is 23.8. The molecule has 0 unspecified atom stereocenters. The van der Waals surface area contributed by atoms with Crippen molar-refractivity contribution in [2.45, 2.75) is 44.6 Å². The topological polar surface area (TPSA) is 81.3 Å². The van der Waals surface area contributed by atoms with Gasteiger partial charge in [0.2, 0.25) is 0 Å². The van der Waals surface area contributed by atoms with E-state index in [2.05, 4.69) is 37.6 Å². The number of hydrogen-bond acceptors (Lipinski definition) is 7. The van der Waals surface area contributed by atoms with Crippen molar-refractivity contribution < 1.29 is 23.9 Å². The van der Waals surface area contributed by atoms with Crippen molar-refractivity contribution in [3.8, 4) is 11.5 Å². The number of fused-ring (bicyclic) bond motifs is 1. The third-order valence-electron chi connectivity index (χ3n) is 6.40. The first-order chi connectivity index (χ1) is 16.3. The van der Waals surface area contributed by atoms with Gasteiger partial charge in [-0.3, -0.25) is 15.6 Å². The van der Waals surface area contributed by atoms with Gasteiger partial charge >= 0.3 is 6.09 Å². The molecule has 0 aliphatic carbocycles. The lowest BCUT2D eigenvalue weighted by Crippen LogP contribution is -2.45. The highest BCUT2D eigenvalue weighted by atomic mass is 16.7. The maximum Gasteiger partial charge on any atom is 0.430 e. The first kappa shape index (κ1) is 22.6. The highest BCUT2D eigenvalue weighted by Crippen LogP contribution is 2.38. The lowest BCUT2D eigenvalue weighted by molar-refractivity contribution is -0.153. The van der Waals surface area contributed by atoms with Crippen LogP contribution in [-0.4, -0.2) is 43.1 Å². The van der Waals surface area contributed by atoms with E-state index in [1.165, 1.54) is 5.56 Å². The average Bonchev–Trinajstić information content (AvgIpc) is 3.24. The fourth-order valence-corrected chi connectivity index (χ4v) is 4.35. The van der Waals surface area contributed by atoms with E-state index < -0.39 is 11.7 Å². The van der Waals surface area contributed by atoms with Crippen molar-refractivity contribution in [2.75, 3.05) is 31.6 Å². The Morgan fingerprint density at radius 2 is 1.74 bits per heavy atom. The quantitative estimate of drug-likeness (QED) is 0.684. The van der Waals surface area contributed by atoms with Crippen molar-refractivity contribution >= 4 is 17.5 Å². The van der Waals surface area contributed by atoms with E-state index in [0.29, 0.717) is 44.8 Å². The van der Waals surface area contributed by atoms with E-state index in [1.54, 1.807) is 5.06 Å². The third kappa shape index (κ3) is 4.83. The van der Waals surface area contributed by atoms with Crippen molar-refractivity contribution in [3.05, 3.63) is 59.7 Å². The van der Waals surface area contributed by atoms with E-state index >= 15 is 0 Å². The number of nitrogens with one attached hydrogen (secondary N) is 2. The number of anilines is 1. The van der Waals surface area contributed by atoms with Crippen LogP contribution in [0, 0.1) is 0 Å². The molecule has 0 aromatic heterocycles. The molecule has 2 aromatic carbocycles. The molecule has 1 amide bonds. The van der Waals surface area contributed by atoms with Gasteiger partial charge in [0.25, 0.3) is 0 Å². The number of hydroxylamine groups is 3. The number of piperidine rings is 1. The molecule has 0 bridgehead atoms. The Bertz CT molecular complexity index is 1080. The van der Waals surface area contributed by atoms with Crippen LogP contribution in [0.25, 0.3) is 5.70 Å². The van der Waals surface area contributed by atoms with Crippen LogP contribution in [-0.2, 0) is 15.1 Å². The Hall–Kier alpha value is -3.23. The summed E-state index contributed by atoms with van der Waals surface area (Å²) in [6, 6.07) is 13.7. The molecule has 3 heterocycles. The van der Waals surface area contributed by atoms with Crippen molar-refractivity contribution in [3.63, 3.8) is 0 Å². The minimum absolute atomic E-state index is 0.0658. The second-order valence-corrected chi connectivity index (χ2v) is 9.95. The lowest BCUT2D eigenvalue weighted by atomic mass is 9.87. The molecular weight excluding hydrogens is 434 g/mol. The SMILES string of the molecule is CC(C)(C)c1ccc(NC(=O)ON2CCC3(C=C(c4ccc5c(c4)OCCO5)NO3)CC2)cc1. The van der Waals surface area contributed by atoms with E-state index in [9.17, 15) is 4.79 Å². The van der Waals surface area contributed by atoms with Gasteiger partial charge in [0.15, 0.2) is 11.5 Å². The van der Waals surface area contributed by atoms with Gasteiger partial charge in [-0.25, -0.2) is 4.79 Å². The summed E-state index contributed by atoms with van der Waals surface area (Å²) < 4.78 is 11.3. The standard InChI is InChI=1S/C26H31N3O5/c1-25(2,3)19-5-7-20(8-6-19)27-24(30)33-29-12-10-26(11-13-29)17-21(28-34-26)18-4-9-22-23(16-18)32-15-14-31-22/h4-9,16-17,28H,10-15H2,1-3H3,(H,27,30). The number of carbonyl (C=O) groups excluding carboxylic acids is 1. The van der Waals surface area contributed by atoms with Crippen LogP contribution in [0.15, 0.2) is 48.5 Å². The maximum atomic E-state index is 12.4. The van der Waals surface area contributed by atoms with Gasteiger partial charge in [-0.1, -0.05) is 32.9 Å². The monoisotopic (exact) mass is 465 g/mol. The summed E-state index contributed by atoms with van der Waals surface area (Å²) in [5.74, 6) is 1.51. The summed E-state index contributed by atoms with van der Waals surface area (Å²) >= 11 is 0. The molecule has 1 fully saturated rings. The fraction of sp³-hybridized carbons (Fsp3) is 0.423. The molecule has 0 radical (unpaired) electrons. The summed E-state index contributed by atoms with van der Waals surface area (Å²) in [6.45, 7) is 8.74. The Morgan fingerprint density at radius 1 is 1.03 bits per heavy atom. The maximum absolute atomic E-state index is 12.4. The van der Waals surface area contributed by atoms with Gasteiger partial charge < -0.3 is 14.3 Å². The van der Waals surface area contributed by atoms with E-state index in [0.717, 1.165) is 22.8 Å². The Morgan fingerprint density at radius 3 is 2.44 bits per heavy atom. The van der Waals surface area contributed by atoms with Gasteiger partial charge in [0.05, 0.1) is 5.70 Å². The molecule has 1 saturated heterocycles. The molecule has 3 aliphatic heterocycles. The van der Waals surface area contributed by atoms with Gasteiger partial charge in [0, 0.05) is 24.3 Å². The number of benzene rings is 2. The van der Waals surface area contributed by atoms with Crippen LogP contribution >= 0.6 is 0 Å². The first-order valence-corrected chi connectivity index (χ1v) is 11.7. The molecule has 8 nitrogen and oxygen atoms in total. The Balaban J connectivity index is 1.15. The van der Waals surface area contributed by atoms with Gasteiger partial charge in [-0.2, -0.15) is 0 Å². The molecular formula is C26H31N3O5. The van der Waals surface area contributed by atoms with Crippen LogP contribution in [0.3, 0.4) is 0 Å². The zero-order valence-electron chi connectivity index (χ0n) is 19.8. The minimum atomic E-state index is -0.488. The van der Waals surface area contributed by atoms with Crippen LogP contribution in [0.5, 0.6) is 11.5 Å². The van der Waals surface area contributed by atoms with E-state index in [-0.39, 0.29) is 5.41 Å². The van der Waals surface area contributed by atoms with Gasteiger partial charge in [-0.15, -0.1) is 5.06 Å². The zero-order valence-corrected chi connectivity index (χ0v) is 19.8. The largest absolute Gasteiger partial charge is 0.486 e. The van der Waals surface area contributed by atoms with Crippen LogP contribution in [0.4, 0.5) is 10.5 Å². The average molecular weight is 466 g/mol. The first-order valence-electron chi connectivity index (χ1n) is 11.7. The summed E-state index contributed by atoms with van der Waals surface area (Å²) in [5, 5.41) is 4.49. The smallest absolute Gasteiger partial charge is 0.430 e. The van der Waals surface area contributed by atoms with Crippen molar-refractivity contribution in [2.24, 2.45) is 0 Å². The Labute approximate surface area is 199 Å². The molecule has 8 heteroatoms. The second kappa shape index (κ2) is 8.85. The summed E-state index contributed by atoms with van der Waals surface area (Å²) in [6.07, 6.45) is 3.02. The predicted octanol–water partition coefficient (Wildman–Crippen LogP) is 4.63. The number of hydrogen-bond donors (Lipinski definition) is 2. The lowest BCUT2D eigenvalue weighted by Gasteiger charge is -2.35. The van der Waals surface area contributed by atoms with Crippen LogP contribution in [0.2, 0.25) is 0 Å². The molecule has 3 aliphatic rings. The molecule has 0 atom stereocenters. The van der Waals surface area contributed by atoms with E-state index in [4.69, 9.17) is 19.1 Å². The van der Waals surface area contributed by atoms with Crippen molar-refractivity contribution in [1.82, 2.24) is 10.5 Å². The van der Waals surface area contributed by atoms with Crippen LogP contribution < -0.4 is 20.3 Å². The molecule has 34 heavy (non-hydrogen) atoms. The van der Waals surface area contributed by atoms with E-state index in [1.807, 2.05) is 42.5 Å². The second-order valence-electron chi connectivity index (χ2n) is 9.95. The normalized spacial score (nSPS) is 19.3. The summed E-state index contributed by atoms with van der Waals surface area (Å²) in [4.78, 5) is 23.9. The third-order valence-corrected chi connectivity index (χ3v) is 6.40. The predicted molar refractivity (Wildman–Crippen MR) is 128 cm³/mol. The number of carbonyl (C=O) groups is 1. The Kier molecular flexibility index (Phi) is 5.87. The molecule has 5 rings (SSSR count). The number of ether oxygens (including phenoxy) is 2. The van der Waals surface area contributed by atoms with Gasteiger partial charge in [-0.05, 0) is 60.2 Å². The highest BCUT2D eigenvalue weighted by molar-refractivity contribution is 5.84. The molecule has 2 N–H and O–H groups in total. The minimum Gasteiger partial charge on any atom is -0.486 e.